The molecule has 0 aromatic heterocycles. The van der Waals surface area contributed by atoms with Crippen LogP contribution in [-0.2, 0) is 6.61 Å². The highest BCUT2D eigenvalue weighted by molar-refractivity contribution is 14.1. The van der Waals surface area contributed by atoms with Crippen molar-refractivity contribution in [3.05, 3.63) is 80.4 Å². The minimum absolute atomic E-state index is 0.366. The lowest BCUT2D eigenvalue weighted by Gasteiger charge is -2.14. The van der Waals surface area contributed by atoms with Crippen LogP contribution in [0.4, 0.5) is 5.69 Å². The molecule has 0 atom stereocenters. The summed E-state index contributed by atoms with van der Waals surface area (Å²) in [6.07, 6.45) is 1.80. The van der Waals surface area contributed by atoms with E-state index in [1.54, 1.807) is 20.4 Å². The first-order valence-electron chi connectivity index (χ1n) is 8.52. The topological polar surface area (TPSA) is 40.0 Å². The van der Waals surface area contributed by atoms with Crippen LogP contribution in [-0.4, -0.2) is 20.4 Å². The molecule has 0 unspecified atom stereocenters. The first-order chi connectivity index (χ1) is 13.6. The summed E-state index contributed by atoms with van der Waals surface area (Å²) in [5, 5.41) is 0.680. The molecule has 0 bridgehead atoms. The molecule has 0 saturated heterocycles. The molecule has 0 aliphatic carbocycles. The lowest BCUT2D eigenvalue weighted by molar-refractivity contribution is 0.282. The van der Waals surface area contributed by atoms with Gasteiger partial charge in [-0.25, -0.2) is 0 Å². The van der Waals surface area contributed by atoms with Crippen molar-refractivity contribution in [3.8, 4) is 17.2 Å². The normalized spacial score (nSPS) is 10.9. The smallest absolute Gasteiger partial charge is 0.174 e. The van der Waals surface area contributed by atoms with Gasteiger partial charge < -0.3 is 14.2 Å². The number of halogens is 2. The largest absolute Gasteiger partial charge is 0.497 e. The molecule has 144 valence electrons. The van der Waals surface area contributed by atoms with Gasteiger partial charge in [-0.05, 0) is 70.6 Å². The van der Waals surface area contributed by atoms with Gasteiger partial charge in [-0.1, -0.05) is 29.8 Å². The molecule has 0 radical (unpaired) electrons. The fourth-order valence-electron chi connectivity index (χ4n) is 2.54. The molecule has 3 aromatic carbocycles. The van der Waals surface area contributed by atoms with Gasteiger partial charge in [-0.3, -0.25) is 4.99 Å². The molecule has 3 rings (SSSR count). The molecule has 0 aliphatic heterocycles. The maximum atomic E-state index is 6.21. The number of ether oxygens (including phenoxy) is 3. The van der Waals surface area contributed by atoms with Crippen molar-refractivity contribution in [2.75, 3.05) is 14.2 Å². The first kappa shape index (κ1) is 20.5. The van der Waals surface area contributed by atoms with Gasteiger partial charge in [0.1, 0.15) is 12.4 Å². The molecule has 0 N–H and O–H groups in total. The van der Waals surface area contributed by atoms with Crippen LogP contribution in [0.25, 0.3) is 0 Å². The predicted molar refractivity (Wildman–Crippen MR) is 122 cm³/mol. The van der Waals surface area contributed by atoms with Crippen LogP contribution in [0.2, 0.25) is 5.02 Å². The average molecular weight is 508 g/mol. The van der Waals surface area contributed by atoms with Gasteiger partial charge in [0.2, 0.25) is 0 Å². The van der Waals surface area contributed by atoms with Gasteiger partial charge >= 0.3 is 0 Å². The monoisotopic (exact) mass is 507 g/mol. The molecule has 0 aliphatic rings. The van der Waals surface area contributed by atoms with Gasteiger partial charge in [0, 0.05) is 16.8 Å². The summed E-state index contributed by atoms with van der Waals surface area (Å²) in [5.41, 5.74) is 2.68. The Morgan fingerprint density at radius 3 is 2.43 bits per heavy atom. The van der Waals surface area contributed by atoms with E-state index < -0.39 is 0 Å². The third-order valence-electron chi connectivity index (χ3n) is 4.02. The van der Waals surface area contributed by atoms with Crippen molar-refractivity contribution in [3.63, 3.8) is 0 Å². The molecule has 3 aromatic rings. The second kappa shape index (κ2) is 9.80. The molecule has 0 fully saturated rings. The Labute approximate surface area is 183 Å². The molecule has 4 nitrogen and oxygen atoms in total. The average Bonchev–Trinajstić information content (AvgIpc) is 2.72. The van der Waals surface area contributed by atoms with Crippen molar-refractivity contribution < 1.29 is 14.2 Å². The second-order valence-corrected chi connectivity index (χ2v) is 7.44. The molecule has 0 heterocycles. The minimum atomic E-state index is 0.366. The first-order valence-corrected chi connectivity index (χ1v) is 9.98. The molecular formula is C22H19ClINO3. The number of hydrogen-bond acceptors (Lipinski definition) is 4. The Kier molecular flexibility index (Phi) is 7.17. The highest BCUT2D eigenvalue weighted by atomic mass is 127. The second-order valence-electron chi connectivity index (χ2n) is 5.87. The van der Waals surface area contributed by atoms with Crippen molar-refractivity contribution in [2.45, 2.75) is 6.61 Å². The Balaban J connectivity index is 1.78. The summed E-state index contributed by atoms with van der Waals surface area (Å²) in [4.78, 5) is 4.51. The van der Waals surface area contributed by atoms with Gasteiger partial charge in [0.15, 0.2) is 11.5 Å². The van der Waals surface area contributed by atoms with E-state index in [0.717, 1.165) is 26.1 Å². The van der Waals surface area contributed by atoms with Crippen LogP contribution in [0.1, 0.15) is 11.1 Å². The standard InChI is InChI=1S/C22H19ClINO3/c1-26-18-9-7-17(8-10-18)25-13-15-11-20(24)22(21(12-15)27-2)28-14-16-5-3-4-6-19(16)23/h3-13H,14H2,1-2H3. The molecule has 0 saturated carbocycles. The summed E-state index contributed by atoms with van der Waals surface area (Å²) in [7, 11) is 3.26. The Morgan fingerprint density at radius 2 is 1.75 bits per heavy atom. The highest BCUT2D eigenvalue weighted by Crippen LogP contribution is 2.34. The maximum Gasteiger partial charge on any atom is 0.174 e. The summed E-state index contributed by atoms with van der Waals surface area (Å²) in [6, 6.07) is 19.1. The summed E-state index contributed by atoms with van der Waals surface area (Å²) in [6.45, 7) is 0.366. The van der Waals surface area contributed by atoms with Crippen LogP contribution >= 0.6 is 34.2 Å². The third kappa shape index (κ3) is 5.17. The number of rotatable bonds is 7. The van der Waals surface area contributed by atoms with E-state index in [1.165, 1.54) is 0 Å². The lowest BCUT2D eigenvalue weighted by Crippen LogP contribution is -2.01. The van der Waals surface area contributed by atoms with Gasteiger partial charge in [-0.15, -0.1) is 0 Å². The van der Waals surface area contributed by atoms with Crippen LogP contribution in [0, 0.1) is 3.57 Å². The van der Waals surface area contributed by atoms with Crippen molar-refractivity contribution in [2.24, 2.45) is 4.99 Å². The van der Waals surface area contributed by atoms with E-state index in [9.17, 15) is 0 Å². The predicted octanol–water partition coefficient (Wildman–Crippen LogP) is 6.29. The van der Waals surface area contributed by atoms with Crippen molar-refractivity contribution in [1.29, 1.82) is 0 Å². The van der Waals surface area contributed by atoms with Crippen molar-refractivity contribution >= 4 is 46.1 Å². The van der Waals surface area contributed by atoms with Crippen LogP contribution < -0.4 is 14.2 Å². The zero-order chi connectivity index (χ0) is 19.9. The molecule has 28 heavy (non-hydrogen) atoms. The number of nitrogens with zero attached hydrogens (tertiary/aromatic N) is 1. The van der Waals surface area contributed by atoms with E-state index in [-0.39, 0.29) is 0 Å². The van der Waals surface area contributed by atoms with Crippen molar-refractivity contribution in [1.82, 2.24) is 0 Å². The summed E-state index contributed by atoms with van der Waals surface area (Å²) in [5.74, 6) is 2.13. The summed E-state index contributed by atoms with van der Waals surface area (Å²) >= 11 is 8.44. The van der Waals surface area contributed by atoms with E-state index in [0.29, 0.717) is 23.1 Å². The third-order valence-corrected chi connectivity index (χ3v) is 5.19. The van der Waals surface area contributed by atoms with E-state index in [4.69, 9.17) is 25.8 Å². The molecule has 6 heteroatoms. The number of methoxy groups -OCH3 is 2. The molecule has 0 amide bonds. The van der Waals surface area contributed by atoms with E-state index in [2.05, 4.69) is 27.6 Å². The Hall–Kier alpha value is -2.25. The quantitative estimate of drug-likeness (QED) is 0.279. The SMILES string of the molecule is COc1ccc(N=Cc2cc(I)c(OCc3ccccc3Cl)c(OC)c2)cc1. The Bertz CT molecular complexity index is 974. The van der Waals surface area contributed by atoms with Gasteiger partial charge in [0.05, 0.1) is 23.5 Å². The number of hydrogen-bond donors (Lipinski definition) is 0. The van der Waals surface area contributed by atoms with Gasteiger partial charge in [0.25, 0.3) is 0 Å². The van der Waals surface area contributed by atoms with Crippen LogP contribution in [0.3, 0.4) is 0 Å². The van der Waals surface area contributed by atoms with Crippen LogP contribution in [0.15, 0.2) is 65.7 Å². The number of aliphatic imine (C=N–C) groups is 1. The molecule has 0 spiro atoms. The maximum absolute atomic E-state index is 6.21. The summed E-state index contributed by atoms with van der Waals surface area (Å²) < 4.78 is 17.6. The highest BCUT2D eigenvalue weighted by Gasteiger charge is 2.12. The Morgan fingerprint density at radius 1 is 1.00 bits per heavy atom. The van der Waals surface area contributed by atoms with E-state index >= 15 is 0 Å². The van der Waals surface area contributed by atoms with Gasteiger partial charge in [-0.2, -0.15) is 0 Å². The van der Waals surface area contributed by atoms with E-state index in [1.807, 2.05) is 60.7 Å². The van der Waals surface area contributed by atoms with Crippen LogP contribution in [0.5, 0.6) is 17.2 Å². The zero-order valence-corrected chi connectivity index (χ0v) is 18.4. The lowest BCUT2D eigenvalue weighted by atomic mass is 10.2. The minimum Gasteiger partial charge on any atom is -0.497 e. The number of benzene rings is 3. The zero-order valence-electron chi connectivity index (χ0n) is 15.5. The fraction of sp³-hybridized carbons (Fsp3) is 0.136. The molecular weight excluding hydrogens is 489 g/mol. The fourth-order valence-corrected chi connectivity index (χ4v) is 3.51.